The molecule has 22 heavy (non-hydrogen) atoms. The van der Waals surface area contributed by atoms with Crippen LogP contribution in [-0.2, 0) is 23.4 Å². The zero-order valence-corrected chi connectivity index (χ0v) is 18.3. The molecule has 1 aromatic carbocycles. The molecule has 3 rings (SSSR count). The summed E-state index contributed by atoms with van der Waals surface area (Å²) in [6, 6.07) is 11.0. The number of aliphatic carboxylic acids is 1. The number of nitrogens with zero attached hydrogens (tertiary/aromatic N) is 2. The van der Waals surface area contributed by atoms with E-state index in [0.717, 1.165) is 30.6 Å². The second-order valence-electron chi connectivity index (χ2n) is 5.75. The van der Waals surface area contributed by atoms with Gasteiger partial charge in [0, 0.05) is 68.8 Å². The van der Waals surface area contributed by atoms with E-state index in [-0.39, 0.29) is 55.7 Å². The summed E-state index contributed by atoms with van der Waals surface area (Å²) >= 11 is 0. The molecule has 4 nitrogen and oxygen atoms in total. The quantitative estimate of drug-likeness (QED) is 0.556. The van der Waals surface area contributed by atoms with Crippen molar-refractivity contribution in [3.05, 3.63) is 41.5 Å². The van der Waals surface area contributed by atoms with E-state index in [0.29, 0.717) is 11.6 Å². The molecule has 1 N–H and O–H groups in total. The van der Waals surface area contributed by atoms with E-state index in [4.69, 9.17) is 0 Å². The van der Waals surface area contributed by atoms with Gasteiger partial charge in [-0.1, -0.05) is 5.57 Å². The van der Waals surface area contributed by atoms with Crippen molar-refractivity contribution in [1.82, 2.24) is 9.80 Å². The second-order valence-corrected chi connectivity index (χ2v) is 5.75. The van der Waals surface area contributed by atoms with Gasteiger partial charge in [0.2, 0.25) is 0 Å². The summed E-state index contributed by atoms with van der Waals surface area (Å²) in [5.41, 5.74) is 2.57. The Kier molecular flexibility index (Phi) is 7.46. The molecular weight excluding hydrogens is 541 g/mol. The van der Waals surface area contributed by atoms with Crippen LogP contribution in [0.5, 0.6) is 0 Å². The van der Waals surface area contributed by atoms with Crippen molar-refractivity contribution in [1.29, 1.82) is 0 Å². The number of rotatable bonds is 2. The fraction of sp³-hybridized carbons (Fsp3) is 0.438. The number of hydrogen-bond donors (Lipinski definition) is 1. The van der Waals surface area contributed by atoms with E-state index >= 15 is 0 Å². The molecule has 2 aliphatic rings. The maximum Gasteiger partial charge on any atom is 0.333 e. The van der Waals surface area contributed by atoms with Gasteiger partial charge in [-0.2, -0.15) is 30.3 Å². The van der Waals surface area contributed by atoms with E-state index in [1.54, 1.807) is 0 Å². The average Bonchev–Trinajstić information content (AvgIpc) is 2.41. The summed E-state index contributed by atoms with van der Waals surface area (Å²) in [5, 5.41) is 9.68. The van der Waals surface area contributed by atoms with E-state index < -0.39 is 5.97 Å². The number of carboxylic acids is 1. The van der Waals surface area contributed by atoms with Gasteiger partial charge in [0.15, 0.2) is 0 Å². The van der Waals surface area contributed by atoms with Gasteiger partial charge < -0.3 is 10.0 Å². The molecule has 115 valence electrons. The molecular formula is C16H19N2O2UV-. The van der Waals surface area contributed by atoms with Gasteiger partial charge in [-0.3, -0.25) is 4.90 Å². The van der Waals surface area contributed by atoms with E-state index in [1.165, 1.54) is 0 Å². The molecule has 0 aromatic heterocycles. The molecule has 2 unspecified atom stereocenters. The third kappa shape index (κ3) is 3.72. The van der Waals surface area contributed by atoms with Gasteiger partial charge in [0.1, 0.15) is 0 Å². The van der Waals surface area contributed by atoms with E-state index in [9.17, 15) is 9.90 Å². The Morgan fingerprint density at radius 1 is 1.27 bits per heavy atom. The van der Waals surface area contributed by atoms with Gasteiger partial charge in [-0.25, -0.2) is 4.79 Å². The normalized spacial score (nSPS) is 25.2. The molecule has 0 aliphatic carbocycles. The van der Waals surface area contributed by atoms with Crippen LogP contribution < -0.4 is 0 Å². The van der Waals surface area contributed by atoms with Gasteiger partial charge in [-0.05, 0) is 20.5 Å². The van der Waals surface area contributed by atoms with Crippen LogP contribution in [0.25, 0.3) is 5.57 Å². The first-order valence-electron chi connectivity index (χ1n) is 6.91. The number of hydrogen-bond acceptors (Lipinski definition) is 3. The molecule has 6 heteroatoms. The first-order valence-corrected chi connectivity index (χ1v) is 6.91. The Bertz CT molecular complexity index is 565. The van der Waals surface area contributed by atoms with Crippen molar-refractivity contribution < 1.29 is 59.6 Å². The Labute approximate surface area is 167 Å². The second kappa shape index (κ2) is 8.19. The Morgan fingerprint density at radius 2 is 1.91 bits per heavy atom. The molecule has 2 atom stereocenters. The predicted molar refractivity (Wildman–Crippen MR) is 77.3 cm³/mol. The fourth-order valence-corrected chi connectivity index (χ4v) is 3.42. The minimum atomic E-state index is -0.793. The summed E-state index contributed by atoms with van der Waals surface area (Å²) in [6.45, 7) is 1.76. The largest absolute Gasteiger partial charge is 0.478 e. The fourth-order valence-electron chi connectivity index (χ4n) is 3.42. The minimum Gasteiger partial charge on any atom is -0.478 e. The van der Waals surface area contributed by atoms with Crippen LogP contribution in [0, 0.1) is 37.2 Å². The monoisotopic (exact) mass is 560 g/mol. The summed E-state index contributed by atoms with van der Waals surface area (Å²) in [7, 11) is 4.11. The summed E-state index contributed by atoms with van der Waals surface area (Å²) < 4.78 is 0. The maximum atomic E-state index is 11.8. The van der Waals surface area contributed by atoms with Gasteiger partial charge in [0.05, 0.1) is 11.6 Å². The first-order chi connectivity index (χ1) is 9.58. The van der Waals surface area contributed by atoms with Gasteiger partial charge in [-0.15, -0.1) is 5.56 Å². The molecule has 1 saturated heterocycles. The SMILES string of the molecule is CN1CC2CC(c3cc[c-]cc3)=C(C(=O)O)C(C1)N2C.[U].[V]. The molecule has 0 amide bonds. The van der Waals surface area contributed by atoms with Crippen LogP contribution in [0.1, 0.15) is 12.0 Å². The van der Waals surface area contributed by atoms with Crippen LogP contribution in [0.4, 0.5) is 0 Å². The first kappa shape index (κ1) is 20.0. The Morgan fingerprint density at radius 3 is 2.50 bits per heavy atom. The summed E-state index contributed by atoms with van der Waals surface area (Å²) in [6.07, 6.45) is 0.795. The number of piperazine rings is 1. The molecule has 2 heterocycles. The number of benzene rings is 1. The third-order valence-corrected chi connectivity index (χ3v) is 4.47. The topological polar surface area (TPSA) is 43.8 Å². The third-order valence-electron chi connectivity index (χ3n) is 4.47. The van der Waals surface area contributed by atoms with Crippen molar-refractivity contribution in [3.63, 3.8) is 0 Å². The van der Waals surface area contributed by atoms with Crippen LogP contribution in [0.2, 0.25) is 0 Å². The zero-order valence-electron chi connectivity index (χ0n) is 12.8. The maximum absolute atomic E-state index is 11.8. The number of carbonyl (C=O) groups is 1. The molecule has 0 spiro atoms. The van der Waals surface area contributed by atoms with Gasteiger partial charge in [0.25, 0.3) is 0 Å². The molecule has 1 fully saturated rings. The number of likely N-dealkylation sites (N-methyl/N-ethyl adjacent to an activating group) is 2. The van der Waals surface area contributed by atoms with Crippen molar-refractivity contribution in [3.8, 4) is 0 Å². The smallest absolute Gasteiger partial charge is 0.333 e. The predicted octanol–water partition coefficient (Wildman–Crippen LogP) is 1.34. The van der Waals surface area contributed by atoms with Crippen molar-refractivity contribution in [2.75, 3.05) is 27.2 Å². The number of carboxylic acid groups (broad SMARTS) is 1. The van der Waals surface area contributed by atoms with Crippen molar-refractivity contribution >= 4 is 11.5 Å². The standard InChI is InChI=1S/C16H19N2O2.U.V/c1-17-9-12-8-13(11-6-4-3-5-7-11)15(16(19)20)14(10-17)18(12)2;;/h4-7,12,14H,8-10H2,1-2H3,(H,19,20);;/q-1;;. The van der Waals surface area contributed by atoms with Crippen LogP contribution in [-0.4, -0.2) is 60.1 Å². The van der Waals surface area contributed by atoms with Crippen LogP contribution in [0.3, 0.4) is 0 Å². The molecule has 0 saturated carbocycles. The van der Waals surface area contributed by atoms with E-state index in [2.05, 4.69) is 22.9 Å². The molecule has 2 aliphatic heterocycles. The van der Waals surface area contributed by atoms with Crippen molar-refractivity contribution in [2.45, 2.75) is 18.5 Å². The Hall–Kier alpha value is -0.0136. The van der Waals surface area contributed by atoms with Crippen molar-refractivity contribution in [2.24, 2.45) is 0 Å². The molecule has 2 bridgehead atoms. The Balaban J connectivity index is 0.00000121. The minimum absolute atomic E-state index is 0. The molecule has 1 aromatic rings. The molecule has 1 radical (unpaired) electrons. The van der Waals surface area contributed by atoms with Crippen LogP contribution >= 0.6 is 0 Å². The van der Waals surface area contributed by atoms with Crippen LogP contribution in [0.15, 0.2) is 29.8 Å². The summed E-state index contributed by atoms with van der Waals surface area (Å²) in [5.74, 6) is -0.793. The number of fused-ring (bicyclic) bond motifs is 2. The van der Waals surface area contributed by atoms with Gasteiger partial charge >= 0.3 is 5.97 Å². The average molecular weight is 560 g/mol. The zero-order chi connectivity index (χ0) is 14.3. The summed E-state index contributed by atoms with van der Waals surface area (Å²) in [4.78, 5) is 16.2. The van der Waals surface area contributed by atoms with E-state index in [1.807, 2.05) is 31.3 Å².